The summed E-state index contributed by atoms with van der Waals surface area (Å²) in [6.07, 6.45) is 6.76. The molecule has 30 heavy (non-hydrogen) atoms. The highest BCUT2D eigenvalue weighted by Crippen LogP contribution is 2.70. The van der Waals surface area contributed by atoms with E-state index in [4.69, 9.17) is 21.1 Å². The summed E-state index contributed by atoms with van der Waals surface area (Å²) in [5.74, 6) is -0.268. The van der Waals surface area contributed by atoms with E-state index in [0.717, 1.165) is 48.9 Å². The Morgan fingerprint density at radius 2 is 2.07 bits per heavy atom. The Balaban J connectivity index is 1.64. The highest BCUT2D eigenvalue weighted by Gasteiger charge is 2.59. The van der Waals surface area contributed by atoms with E-state index in [1.165, 1.54) is 6.07 Å². The summed E-state index contributed by atoms with van der Waals surface area (Å²) < 4.78 is 13.1. The molecule has 5 rings (SSSR count). The minimum absolute atomic E-state index is 0.168. The maximum atomic E-state index is 12.5. The minimum Gasteiger partial charge on any atom is -0.492 e. The summed E-state index contributed by atoms with van der Waals surface area (Å²) in [4.78, 5) is 24.1. The van der Waals surface area contributed by atoms with Crippen LogP contribution in [-0.4, -0.2) is 36.0 Å². The number of halogens is 1. The summed E-state index contributed by atoms with van der Waals surface area (Å²) in [6, 6.07) is 5.52. The molecule has 0 amide bonds. The Kier molecular flexibility index (Phi) is 4.67. The van der Waals surface area contributed by atoms with E-state index in [1.807, 2.05) is 16.7 Å². The average molecular weight is 430 g/mol. The lowest BCUT2D eigenvalue weighted by Crippen LogP contribution is -2.29. The molecule has 6 nitrogen and oxygen atoms in total. The van der Waals surface area contributed by atoms with Gasteiger partial charge in [-0.05, 0) is 48.8 Å². The number of nitrogens with zero attached hydrogens (tertiary/aromatic N) is 1. The fourth-order valence-electron chi connectivity index (χ4n) is 5.45. The minimum atomic E-state index is -1.18. The molecule has 0 radical (unpaired) electrons. The number of ether oxygens (including phenoxy) is 2. The number of carbonyl (C=O) groups is 1. The number of rotatable bonds is 6. The van der Waals surface area contributed by atoms with E-state index in [2.05, 4.69) is 0 Å². The van der Waals surface area contributed by atoms with Crippen molar-refractivity contribution in [3.05, 3.63) is 50.8 Å². The van der Waals surface area contributed by atoms with Gasteiger partial charge in [0.05, 0.1) is 17.3 Å². The third kappa shape index (κ3) is 2.96. The number of benzene rings is 1. The molecule has 1 aliphatic heterocycles. The van der Waals surface area contributed by atoms with Crippen molar-refractivity contribution in [2.45, 2.75) is 44.1 Å². The number of carboxylic acid groups (broad SMARTS) is 1. The average Bonchev–Trinajstić information content (AvgIpc) is 3.39. The van der Waals surface area contributed by atoms with E-state index in [0.29, 0.717) is 24.0 Å². The summed E-state index contributed by atoms with van der Waals surface area (Å²) in [5, 5.41) is 9.98. The van der Waals surface area contributed by atoms with Crippen LogP contribution in [0.4, 0.5) is 0 Å². The SMILES string of the molecule is COCCCOc1cc2c(cc1Cl)-c1cc(=O)c(C(=O)O)cn1[C@H]1[C@@H]2CCC12CC2. The third-order valence-corrected chi connectivity index (χ3v) is 7.29. The molecular formula is C23H24ClNO5. The number of aromatic carboxylic acids is 1. The topological polar surface area (TPSA) is 77.8 Å². The van der Waals surface area contributed by atoms with Crippen LogP contribution in [0.15, 0.2) is 29.2 Å². The molecule has 1 N–H and O–H groups in total. The van der Waals surface area contributed by atoms with Gasteiger partial charge in [0.25, 0.3) is 0 Å². The Morgan fingerprint density at radius 3 is 2.77 bits per heavy atom. The van der Waals surface area contributed by atoms with Gasteiger partial charge in [-0.1, -0.05) is 11.6 Å². The Morgan fingerprint density at radius 1 is 1.27 bits per heavy atom. The first kappa shape index (κ1) is 19.6. The third-order valence-electron chi connectivity index (χ3n) is 6.99. The van der Waals surface area contributed by atoms with Crippen molar-refractivity contribution in [3.8, 4) is 17.0 Å². The molecule has 0 bridgehead atoms. The number of carboxylic acids is 1. The largest absolute Gasteiger partial charge is 0.492 e. The van der Waals surface area contributed by atoms with Crippen LogP contribution >= 0.6 is 11.6 Å². The van der Waals surface area contributed by atoms with Crippen molar-refractivity contribution >= 4 is 17.6 Å². The maximum Gasteiger partial charge on any atom is 0.341 e. The fraction of sp³-hybridized carbons (Fsp3) is 0.478. The van der Waals surface area contributed by atoms with E-state index >= 15 is 0 Å². The summed E-state index contributed by atoms with van der Waals surface area (Å²) in [7, 11) is 1.66. The van der Waals surface area contributed by atoms with Crippen molar-refractivity contribution < 1.29 is 19.4 Å². The number of methoxy groups -OCH3 is 1. The van der Waals surface area contributed by atoms with Gasteiger partial charge in [-0.3, -0.25) is 4.79 Å². The van der Waals surface area contributed by atoms with Crippen molar-refractivity contribution in [1.82, 2.24) is 4.57 Å². The zero-order valence-electron chi connectivity index (χ0n) is 16.8. The number of hydrogen-bond acceptors (Lipinski definition) is 4. The van der Waals surface area contributed by atoms with Gasteiger partial charge in [0, 0.05) is 49.9 Å². The highest BCUT2D eigenvalue weighted by atomic mass is 35.5. The lowest BCUT2D eigenvalue weighted by molar-refractivity contribution is 0.0694. The van der Waals surface area contributed by atoms with Crippen LogP contribution in [0.25, 0.3) is 11.3 Å². The lowest BCUT2D eigenvalue weighted by atomic mass is 9.81. The first-order chi connectivity index (χ1) is 14.4. The van der Waals surface area contributed by atoms with Crippen LogP contribution < -0.4 is 10.2 Å². The smallest absolute Gasteiger partial charge is 0.341 e. The second-order valence-corrected chi connectivity index (χ2v) is 9.07. The Labute approximate surface area is 179 Å². The molecule has 2 aromatic rings. The number of aromatic nitrogens is 1. The standard InChI is InChI=1S/C23H24ClNO5/c1-29-7-2-8-30-20-10-14-13-3-4-23(5-6-23)21(13)25-12-16(22(27)28)19(26)11-18(25)15(14)9-17(20)24/h9-13,21H,2-8H2,1H3,(H,27,28)/t13-,21+/m1/s1. The second-order valence-electron chi connectivity index (χ2n) is 8.67. The molecule has 2 fully saturated rings. The predicted octanol–water partition coefficient (Wildman–Crippen LogP) is 4.49. The molecular weight excluding hydrogens is 406 g/mol. The van der Waals surface area contributed by atoms with Crippen molar-refractivity contribution in [1.29, 1.82) is 0 Å². The second kappa shape index (κ2) is 7.13. The van der Waals surface area contributed by atoms with Crippen LogP contribution in [0.1, 0.15) is 60.0 Å². The number of hydrogen-bond donors (Lipinski definition) is 1. The van der Waals surface area contributed by atoms with E-state index in [9.17, 15) is 14.7 Å². The predicted molar refractivity (Wildman–Crippen MR) is 113 cm³/mol. The molecule has 0 saturated heterocycles. The normalized spacial score (nSPS) is 22.3. The summed E-state index contributed by atoms with van der Waals surface area (Å²) >= 11 is 6.54. The molecule has 1 spiro atoms. The van der Waals surface area contributed by atoms with Gasteiger partial charge in [0.2, 0.25) is 0 Å². The van der Waals surface area contributed by atoms with Crippen LogP contribution in [-0.2, 0) is 4.74 Å². The zero-order chi connectivity index (χ0) is 21.0. The van der Waals surface area contributed by atoms with Crippen molar-refractivity contribution in [2.24, 2.45) is 5.41 Å². The highest BCUT2D eigenvalue weighted by molar-refractivity contribution is 6.32. The number of fused-ring (bicyclic) bond motifs is 7. The molecule has 1 aromatic heterocycles. The quantitative estimate of drug-likeness (QED) is 0.684. The van der Waals surface area contributed by atoms with Gasteiger partial charge in [-0.2, -0.15) is 0 Å². The zero-order valence-corrected chi connectivity index (χ0v) is 17.6. The van der Waals surface area contributed by atoms with Gasteiger partial charge in [-0.25, -0.2) is 4.79 Å². The van der Waals surface area contributed by atoms with E-state index in [1.54, 1.807) is 13.3 Å². The fourth-order valence-corrected chi connectivity index (χ4v) is 5.66. The Hall–Kier alpha value is -2.31. The Bertz CT molecular complexity index is 1090. The molecule has 2 atom stereocenters. The molecule has 2 aliphatic carbocycles. The number of pyridine rings is 1. The van der Waals surface area contributed by atoms with Crippen LogP contribution in [0.2, 0.25) is 5.02 Å². The summed E-state index contributed by atoms with van der Waals surface area (Å²) in [5.41, 5.74) is 2.36. The monoisotopic (exact) mass is 429 g/mol. The molecule has 7 heteroatoms. The van der Waals surface area contributed by atoms with Crippen molar-refractivity contribution in [3.63, 3.8) is 0 Å². The van der Waals surface area contributed by atoms with Gasteiger partial charge in [-0.15, -0.1) is 0 Å². The lowest BCUT2D eigenvalue weighted by Gasteiger charge is -2.37. The first-order valence-corrected chi connectivity index (χ1v) is 10.8. The van der Waals surface area contributed by atoms with Crippen LogP contribution in [0.5, 0.6) is 5.75 Å². The molecule has 0 unspecified atom stereocenters. The molecule has 1 aromatic carbocycles. The van der Waals surface area contributed by atoms with Crippen LogP contribution in [0, 0.1) is 5.41 Å². The maximum absolute atomic E-state index is 12.5. The molecule has 2 heterocycles. The van der Waals surface area contributed by atoms with Gasteiger partial charge >= 0.3 is 5.97 Å². The van der Waals surface area contributed by atoms with E-state index in [-0.39, 0.29) is 22.9 Å². The molecule has 2 saturated carbocycles. The van der Waals surface area contributed by atoms with Gasteiger partial charge in [0.15, 0.2) is 5.43 Å². The van der Waals surface area contributed by atoms with Crippen molar-refractivity contribution in [2.75, 3.05) is 20.3 Å². The molecule has 158 valence electrons. The molecule has 3 aliphatic rings. The van der Waals surface area contributed by atoms with Crippen LogP contribution in [0.3, 0.4) is 0 Å². The summed E-state index contributed by atoms with van der Waals surface area (Å²) in [6.45, 7) is 1.14. The van der Waals surface area contributed by atoms with Gasteiger partial charge < -0.3 is 19.1 Å². The van der Waals surface area contributed by atoms with Gasteiger partial charge in [0.1, 0.15) is 11.3 Å². The van der Waals surface area contributed by atoms with E-state index < -0.39 is 11.4 Å². The first-order valence-electron chi connectivity index (χ1n) is 10.4.